The number of hydrogen-bond acceptors (Lipinski definition) is 2. The predicted octanol–water partition coefficient (Wildman–Crippen LogP) is 1.72. The van der Waals surface area contributed by atoms with E-state index in [2.05, 4.69) is 10.4 Å². The molecule has 1 aromatic carbocycles. The fourth-order valence-electron chi connectivity index (χ4n) is 1.53. The summed E-state index contributed by atoms with van der Waals surface area (Å²) in [7, 11) is 1.53. The van der Waals surface area contributed by atoms with Gasteiger partial charge in [-0.15, -0.1) is 0 Å². The van der Waals surface area contributed by atoms with E-state index in [4.69, 9.17) is 5.73 Å². The van der Waals surface area contributed by atoms with Crippen LogP contribution in [0.25, 0.3) is 11.3 Å². The van der Waals surface area contributed by atoms with Crippen molar-refractivity contribution >= 4 is 11.8 Å². The first-order valence-corrected chi connectivity index (χ1v) is 4.94. The van der Waals surface area contributed by atoms with Crippen LogP contribution in [0.15, 0.2) is 30.3 Å². The van der Waals surface area contributed by atoms with Crippen LogP contribution in [0.2, 0.25) is 0 Å². The molecule has 5 nitrogen and oxygen atoms in total. The van der Waals surface area contributed by atoms with Gasteiger partial charge in [-0.1, -0.05) is 30.3 Å². The molecule has 6 heteroatoms. The van der Waals surface area contributed by atoms with E-state index in [9.17, 15) is 9.18 Å². The largest absolute Gasteiger partial charge is 0.351 e. The number of amides is 2. The van der Waals surface area contributed by atoms with Gasteiger partial charge in [-0.2, -0.15) is 5.10 Å². The summed E-state index contributed by atoms with van der Waals surface area (Å²) in [6.07, 6.45) is 0. The minimum Gasteiger partial charge on any atom is -0.351 e. The summed E-state index contributed by atoms with van der Waals surface area (Å²) in [5.74, 6) is -0.645. The molecule has 0 unspecified atom stereocenters. The minimum absolute atomic E-state index is 0.0450. The molecule has 0 aliphatic heterocycles. The topological polar surface area (TPSA) is 72.9 Å². The standard InChI is InChI=1S/C11H11FN4O/c1-16-10(14-11(13)17)8(12)9(15-16)7-5-3-2-4-6-7/h2-6H,1H3,(H3,13,14,17). The molecule has 0 aliphatic rings. The Hall–Kier alpha value is -2.37. The molecule has 1 aromatic heterocycles. The molecule has 17 heavy (non-hydrogen) atoms. The summed E-state index contributed by atoms with van der Waals surface area (Å²) in [4.78, 5) is 10.7. The summed E-state index contributed by atoms with van der Waals surface area (Å²) in [6.45, 7) is 0. The van der Waals surface area contributed by atoms with Gasteiger partial charge in [0, 0.05) is 12.6 Å². The molecule has 3 N–H and O–H groups in total. The van der Waals surface area contributed by atoms with Crippen molar-refractivity contribution in [3.05, 3.63) is 36.1 Å². The molecule has 2 aromatic rings. The van der Waals surface area contributed by atoms with Crippen LogP contribution in [-0.2, 0) is 7.05 Å². The van der Waals surface area contributed by atoms with Gasteiger partial charge in [-0.25, -0.2) is 13.9 Å². The predicted molar refractivity (Wildman–Crippen MR) is 61.8 cm³/mol. The van der Waals surface area contributed by atoms with Crippen LogP contribution < -0.4 is 11.1 Å². The summed E-state index contributed by atoms with van der Waals surface area (Å²) in [5.41, 5.74) is 5.77. The number of carbonyl (C=O) groups excluding carboxylic acids is 1. The second-order valence-corrected chi connectivity index (χ2v) is 3.49. The first kappa shape index (κ1) is 11.1. The van der Waals surface area contributed by atoms with E-state index >= 15 is 0 Å². The fourth-order valence-corrected chi connectivity index (χ4v) is 1.53. The molecule has 0 saturated heterocycles. The second-order valence-electron chi connectivity index (χ2n) is 3.49. The highest BCUT2D eigenvalue weighted by Crippen LogP contribution is 2.26. The number of nitrogens with two attached hydrogens (primary N) is 1. The maximum Gasteiger partial charge on any atom is 0.317 e. The van der Waals surface area contributed by atoms with Crippen LogP contribution in [-0.4, -0.2) is 15.8 Å². The SMILES string of the molecule is Cn1nc(-c2ccccc2)c(F)c1NC(N)=O. The first-order valence-electron chi connectivity index (χ1n) is 4.94. The highest BCUT2D eigenvalue weighted by molar-refractivity contribution is 5.87. The number of carbonyl (C=O) groups is 1. The van der Waals surface area contributed by atoms with Crippen molar-refractivity contribution in [3.63, 3.8) is 0 Å². The van der Waals surface area contributed by atoms with Crippen LogP contribution in [0.3, 0.4) is 0 Å². The van der Waals surface area contributed by atoms with Gasteiger partial charge in [0.1, 0.15) is 5.69 Å². The van der Waals surface area contributed by atoms with Crippen molar-refractivity contribution in [3.8, 4) is 11.3 Å². The zero-order chi connectivity index (χ0) is 12.4. The molecule has 0 aliphatic carbocycles. The van der Waals surface area contributed by atoms with Gasteiger partial charge in [-0.05, 0) is 0 Å². The first-order chi connectivity index (χ1) is 8.09. The number of nitrogens with zero attached hydrogens (tertiary/aromatic N) is 2. The number of aryl methyl sites for hydroxylation is 1. The van der Waals surface area contributed by atoms with Crippen LogP contribution in [0.5, 0.6) is 0 Å². The van der Waals surface area contributed by atoms with E-state index in [-0.39, 0.29) is 11.5 Å². The monoisotopic (exact) mass is 234 g/mol. The molecule has 1 heterocycles. The molecule has 0 radical (unpaired) electrons. The molecule has 2 amide bonds. The Labute approximate surface area is 97.0 Å². The fraction of sp³-hybridized carbons (Fsp3) is 0.0909. The Bertz CT molecular complexity index is 550. The molecular formula is C11H11FN4O. The number of aromatic nitrogens is 2. The number of nitrogens with one attached hydrogen (secondary N) is 1. The molecule has 2 rings (SSSR count). The highest BCUT2D eigenvalue weighted by Gasteiger charge is 2.18. The van der Waals surface area contributed by atoms with E-state index in [1.807, 2.05) is 6.07 Å². The molecule has 0 saturated carbocycles. The molecule has 0 fully saturated rings. The lowest BCUT2D eigenvalue weighted by Gasteiger charge is -2.00. The number of rotatable bonds is 2. The number of urea groups is 1. The molecule has 0 atom stereocenters. The zero-order valence-electron chi connectivity index (χ0n) is 9.14. The van der Waals surface area contributed by atoms with E-state index < -0.39 is 11.8 Å². The average molecular weight is 234 g/mol. The second kappa shape index (κ2) is 4.25. The van der Waals surface area contributed by atoms with Gasteiger partial charge in [0.05, 0.1) is 0 Å². The highest BCUT2D eigenvalue weighted by atomic mass is 19.1. The Morgan fingerprint density at radius 2 is 2.06 bits per heavy atom. The van der Waals surface area contributed by atoms with Crippen molar-refractivity contribution < 1.29 is 9.18 Å². The third-order valence-corrected chi connectivity index (χ3v) is 2.28. The van der Waals surface area contributed by atoms with Gasteiger partial charge < -0.3 is 5.73 Å². The quantitative estimate of drug-likeness (QED) is 0.830. The maximum absolute atomic E-state index is 14.0. The maximum atomic E-state index is 14.0. The lowest BCUT2D eigenvalue weighted by Crippen LogP contribution is -2.21. The summed E-state index contributed by atoms with van der Waals surface area (Å²) in [6, 6.07) is 8.03. The van der Waals surface area contributed by atoms with Crippen molar-refractivity contribution in [2.45, 2.75) is 0 Å². The van der Waals surface area contributed by atoms with Gasteiger partial charge in [-0.3, -0.25) is 5.32 Å². The van der Waals surface area contributed by atoms with Gasteiger partial charge in [0.15, 0.2) is 11.6 Å². The van der Waals surface area contributed by atoms with E-state index in [1.165, 1.54) is 11.7 Å². The smallest absolute Gasteiger partial charge is 0.317 e. The van der Waals surface area contributed by atoms with Gasteiger partial charge >= 0.3 is 6.03 Å². The summed E-state index contributed by atoms with van der Waals surface area (Å²) in [5, 5.41) is 6.20. The molecule has 0 spiro atoms. The Kier molecular flexibility index (Phi) is 2.78. The third-order valence-electron chi connectivity index (χ3n) is 2.28. The zero-order valence-corrected chi connectivity index (χ0v) is 9.14. The van der Waals surface area contributed by atoms with Crippen LogP contribution in [0, 0.1) is 5.82 Å². The number of halogens is 1. The van der Waals surface area contributed by atoms with Crippen LogP contribution >= 0.6 is 0 Å². The number of anilines is 1. The summed E-state index contributed by atoms with van der Waals surface area (Å²) >= 11 is 0. The normalized spacial score (nSPS) is 10.2. The lowest BCUT2D eigenvalue weighted by atomic mass is 10.1. The Balaban J connectivity index is 2.48. The molecular weight excluding hydrogens is 223 g/mol. The van der Waals surface area contributed by atoms with Crippen molar-refractivity contribution in [1.82, 2.24) is 9.78 Å². The van der Waals surface area contributed by atoms with E-state index in [0.717, 1.165) is 0 Å². The van der Waals surface area contributed by atoms with Crippen molar-refractivity contribution in [2.24, 2.45) is 12.8 Å². The van der Waals surface area contributed by atoms with Crippen LogP contribution in [0.1, 0.15) is 0 Å². The van der Waals surface area contributed by atoms with Gasteiger partial charge in [0.2, 0.25) is 0 Å². The Morgan fingerprint density at radius 3 is 2.65 bits per heavy atom. The van der Waals surface area contributed by atoms with Crippen molar-refractivity contribution in [1.29, 1.82) is 0 Å². The third kappa shape index (κ3) is 2.10. The van der Waals surface area contributed by atoms with E-state index in [0.29, 0.717) is 5.56 Å². The minimum atomic E-state index is -0.827. The van der Waals surface area contributed by atoms with Crippen molar-refractivity contribution in [2.75, 3.05) is 5.32 Å². The summed E-state index contributed by atoms with van der Waals surface area (Å²) < 4.78 is 15.2. The number of hydrogen-bond donors (Lipinski definition) is 2. The van der Waals surface area contributed by atoms with Gasteiger partial charge in [0.25, 0.3) is 0 Å². The average Bonchev–Trinajstić information content (AvgIpc) is 2.58. The Morgan fingerprint density at radius 1 is 1.41 bits per heavy atom. The number of benzene rings is 1. The lowest BCUT2D eigenvalue weighted by molar-refractivity contribution is 0.259. The van der Waals surface area contributed by atoms with E-state index in [1.54, 1.807) is 24.3 Å². The van der Waals surface area contributed by atoms with Crippen LogP contribution in [0.4, 0.5) is 15.0 Å². The number of primary amides is 1. The molecule has 88 valence electrons. The molecule has 0 bridgehead atoms.